The third-order valence-corrected chi connectivity index (χ3v) is 4.30. The van der Waals surface area contributed by atoms with Gasteiger partial charge in [0, 0.05) is 12.8 Å². The number of rotatable bonds is 4. The topological polar surface area (TPSA) is 95.7 Å². The lowest BCUT2D eigenvalue weighted by molar-refractivity contribution is 0.0788. The highest BCUT2D eigenvalue weighted by Crippen LogP contribution is 2.41. The van der Waals surface area contributed by atoms with E-state index in [1.165, 1.54) is 12.8 Å². The molecule has 2 aliphatic rings. The van der Waals surface area contributed by atoms with Crippen molar-refractivity contribution in [1.82, 2.24) is 25.5 Å². The summed E-state index contributed by atoms with van der Waals surface area (Å²) in [4.78, 5) is 19.9. The molecule has 1 aliphatic heterocycles. The van der Waals surface area contributed by atoms with Gasteiger partial charge in [0.05, 0.1) is 6.04 Å². The van der Waals surface area contributed by atoms with Crippen molar-refractivity contribution in [3.63, 3.8) is 0 Å². The van der Waals surface area contributed by atoms with Gasteiger partial charge < -0.3 is 15.0 Å². The van der Waals surface area contributed by atoms with E-state index in [9.17, 15) is 4.79 Å². The van der Waals surface area contributed by atoms with Gasteiger partial charge in [-0.3, -0.25) is 9.89 Å². The molecule has 2 atom stereocenters. The second-order valence-corrected chi connectivity index (χ2v) is 6.02. The van der Waals surface area contributed by atoms with Crippen LogP contribution in [-0.4, -0.2) is 38.7 Å². The zero-order valence-corrected chi connectivity index (χ0v) is 12.4. The maximum atomic E-state index is 12.6. The van der Waals surface area contributed by atoms with Crippen LogP contribution in [0.3, 0.4) is 0 Å². The molecule has 22 heavy (non-hydrogen) atoms. The van der Waals surface area contributed by atoms with Crippen molar-refractivity contribution in [1.29, 1.82) is 0 Å². The van der Waals surface area contributed by atoms with E-state index >= 15 is 0 Å². The van der Waals surface area contributed by atoms with Crippen LogP contribution in [0.5, 0.6) is 0 Å². The Hall–Kier alpha value is -2.15. The van der Waals surface area contributed by atoms with Crippen LogP contribution in [0.2, 0.25) is 0 Å². The fraction of sp³-hybridized carbons (Fsp3) is 0.533. The largest absolute Gasteiger partial charge is 0.368 e. The van der Waals surface area contributed by atoms with Crippen molar-refractivity contribution in [2.24, 2.45) is 0 Å². The minimum Gasteiger partial charge on any atom is -0.368 e. The van der Waals surface area contributed by atoms with Crippen LogP contribution in [0, 0.1) is 6.92 Å². The average molecular weight is 301 g/mol. The maximum absolute atomic E-state index is 12.6. The number of hydrogen-bond acceptors (Lipinski definition) is 4. The summed E-state index contributed by atoms with van der Waals surface area (Å²) in [6, 6.07) is 1.91. The van der Waals surface area contributed by atoms with E-state index in [-0.39, 0.29) is 18.1 Å². The standard InChI is InChI=1S/C15H19N5O2/c1-8-17-14(20-19-8)13-11(5-7-22-13)18-15(21)12-10(4-6-16-12)9-2-3-9/h4,6,9,11,13,16H,2-3,5,7H2,1H3,(H,18,21)(H,17,19,20)/t11-,13+/m0/s1. The number of aromatic amines is 2. The molecule has 7 nitrogen and oxygen atoms in total. The number of ether oxygens (including phenoxy) is 1. The van der Waals surface area contributed by atoms with Gasteiger partial charge in [0.25, 0.3) is 5.91 Å². The first-order chi connectivity index (χ1) is 10.7. The van der Waals surface area contributed by atoms with E-state index < -0.39 is 0 Å². The molecular formula is C15H19N5O2. The lowest BCUT2D eigenvalue weighted by atomic mass is 10.1. The van der Waals surface area contributed by atoms with Crippen LogP contribution in [0.1, 0.15) is 59.0 Å². The predicted octanol–water partition coefficient (Wildman–Crippen LogP) is 1.58. The molecule has 1 amide bonds. The van der Waals surface area contributed by atoms with Crippen LogP contribution in [0.15, 0.2) is 12.3 Å². The molecule has 0 radical (unpaired) electrons. The van der Waals surface area contributed by atoms with Crippen molar-refractivity contribution in [2.45, 2.75) is 44.2 Å². The molecule has 2 fully saturated rings. The number of aromatic nitrogens is 4. The minimum atomic E-state index is -0.284. The summed E-state index contributed by atoms with van der Waals surface area (Å²) in [5, 5.41) is 10.0. The molecule has 116 valence electrons. The molecule has 4 rings (SSSR count). The molecule has 0 bridgehead atoms. The smallest absolute Gasteiger partial charge is 0.268 e. The molecule has 2 aromatic rings. The number of aryl methyl sites for hydroxylation is 1. The third kappa shape index (κ3) is 2.41. The number of hydrogen-bond donors (Lipinski definition) is 3. The highest BCUT2D eigenvalue weighted by Gasteiger charge is 2.35. The summed E-state index contributed by atoms with van der Waals surface area (Å²) >= 11 is 0. The fourth-order valence-electron chi connectivity index (χ4n) is 3.03. The van der Waals surface area contributed by atoms with E-state index in [0.29, 0.717) is 24.0 Å². The van der Waals surface area contributed by atoms with Crippen molar-refractivity contribution in [3.05, 3.63) is 35.2 Å². The first-order valence-electron chi connectivity index (χ1n) is 7.71. The van der Waals surface area contributed by atoms with Crippen LogP contribution in [0.25, 0.3) is 0 Å². The normalized spacial score (nSPS) is 24.6. The van der Waals surface area contributed by atoms with E-state index in [2.05, 4.69) is 25.5 Å². The summed E-state index contributed by atoms with van der Waals surface area (Å²) in [5.74, 6) is 1.82. The number of carbonyl (C=O) groups is 1. The van der Waals surface area contributed by atoms with Gasteiger partial charge in [0.1, 0.15) is 17.6 Å². The first-order valence-corrected chi connectivity index (χ1v) is 7.71. The van der Waals surface area contributed by atoms with E-state index in [1.807, 2.05) is 19.2 Å². The SMILES string of the molecule is Cc1nc([C@@H]2OCC[C@@H]2NC(=O)c2[nH]ccc2C2CC2)n[nH]1. The quantitative estimate of drug-likeness (QED) is 0.799. The van der Waals surface area contributed by atoms with Gasteiger partial charge in [-0.1, -0.05) is 0 Å². The monoisotopic (exact) mass is 301 g/mol. The zero-order valence-electron chi connectivity index (χ0n) is 12.4. The van der Waals surface area contributed by atoms with Crippen LogP contribution in [0.4, 0.5) is 0 Å². The van der Waals surface area contributed by atoms with Crippen molar-refractivity contribution in [2.75, 3.05) is 6.61 Å². The molecule has 7 heteroatoms. The summed E-state index contributed by atoms with van der Waals surface area (Å²) in [5.41, 5.74) is 1.81. The van der Waals surface area contributed by atoms with Gasteiger partial charge in [-0.25, -0.2) is 4.98 Å². The Kier molecular flexibility index (Phi) is 3.22. The lowest BCUT2D eigenvalue weighted by Gasteiger charge is -2.17. The zero-order chi connectivity index (χ0) is 15.1. The van der Waals surface area contributed by atoms with Gasteiger partial charge in [0.15, 0.2) is 5.82 Å². The van der Waals surface area contributed by atoms with Crippen LogP contribution < -0.4 is 5.32 Å². The van der Waals surface area contributed by atoms with Crippen LogP contribution >= 0.6 is 0 Å². The molecule has 0 spiro atoms. The Morgan fingerprint density at radius 3 is 3.00 bits per heavy atom. The second kappa shape index (κ2) is 5.24. The van der Waals surface area contributed by atoms with E-state index in [4.69, 9.17) is 4.74 Å². The molecule has 0 unspecified atom stereocenters. The number of nitrogens with zero attached hydrogens (tertiary/aromatic N) is 2. The second-order valence-electron chi connectivity index (χ2n) is 6.02. The van der Waals surface area contributed by atoms with Gasteiger partial charge in [-0.15, -0.1) is 0 Å². The third-order valence-electron chi connectivity index (χ3n) is 4.30. The molecule has 3 N–H and O–H groups in total. The van der Waals surface area contributed by atoms with Gasteiger partial charge in [-0.05, 0) is 43.7 Å². The highest BCUT2D eigenvalue weighted by atomic mass is 16.5. The summed E-state index contributed by atoms with van der Waals surface area (Å²) in [6.45, 7) is 2.45. The average Bonchev–Trinajstić information content (AvgIpc) is 2.93. The molecule has 2 aromatic heterocycles. The van der Waals surface area contributed by atoms with E-state index in [1.54, 1.807) is 0 Å². The van der Waals surface area contributed by atoms with Crippen molar-refractivity contribution in [3.8, 4) is 0 Å². The summed E-state index contributed by atoms with van der Waals surface area (Å²) in [6.07, 6.45) is 4.66. The summed E-state index contributed by atoms with van der Waals surface area (Å²) < 4.78 is 5.70. The summed E-state index contributed by atoms with van der Waals surface area (Å²) in [7, 11) is 0. The highest BCUT2D eigenvalue weighted by molar-refractivity contribution is 5.94. The Labute approximate surface area is 127 Å². The minimum absolute atomic E-state index is 0.0698. The molecule has 1 aliphatic carbocycles. The molecular weight excluding hydrogens is 282 g/mol. The van der Waals surface area contributed by atoms with Gasteiger partial charge in [-0.2, -0.15) is 5.10 Å². The predicted molar refractivity (Wildman–Crippen MR) is 78.5 cm³/mol. The first kappa shape index (κ1) is 13.5. The molecule has 3 heterocycles. The lowest BCUT2D eigenvalue weighted by Crippen LogP contribution is -2.37. The number of amides is 1. The van der Waals surface area contributed by atoms with Crippen LogP contribution in [-0.2, 0) is 4.74 Å². The van der Waals surface area contributed by atoms with Gasteiger partial charge >= 0.3 is 0 Å². The Bertz CT molecular complexity index is 688. The maximum Gasteiger partial charge on any atom is 0.268 e. The Morgan fingerprint density at radius 1 is 1.41 bits per heavy atom. The number of nitrogens with one attached hydrogen (secondary N) is 3. The molecule has 1 saturated heterocycles. The Morgan fingerprint density at radius 2 is 2.27 bits per heavy atom. The number of carbonyl (C=O) groups excluding carboxylic acids is 1. The van der Waals surface area contributed by atoms with E-state index in [0.717, 1.165) is 17.8 Å². The Balaban J connectivity index is 1.49. The fourth-order valence-corrected chi connectivity index (χ4v) is 3.03. The van der Waals surface area contributed by atoms with Gasteiger partial charge in [0.2, 0.25) is 0 Å². The number of H-pyrrole nitrogens is 2. The molecule has 0 aromatic carbocycles. The molecule has 1 saturated carbocycles. The van der Waals surface area contributed by atoms with Crippen molar-refractivity contribution >= 4 is 5.91 Å². The van der Waals surface area contributed by atoms with Crippen molar-refractivity contribution < 1.29 is 9.53 Å².